The Morgan fingerprint density at radius 3 is 2.62 bits per heavy atom. The summed E-state index contributed by atoms with van der Waals surface area (Å²) in [5, 5.41) is 0. The maximum atomic E-state index is 12.3. The molecule has 0 aliphatic carbocycles. The minimum atomic E-state index is -0.284. The molecule has 3 nitrogen and oxygen atoms in total. The van der Waals surface area contributed by atoms with Crippen LogP contribution in [-0.4, -0.2) is 42.0 Å². The van der Waals surface area contributed by atoms with Crippen LogP contribution < -0.4 is 0 Å². The van der Waals surface area contributed by atoms with Crippen LogP contribution in [0.4, 0.5) is 0 Å². The number of amides is 1. The molecule has 0 radical (unpaired) electrons. The van der Waals surface area contributed by atoms with Gasteiger partial charge in [-0.2, -0.15) is 0 Å². The Morgan fingerprint density at radius 2 is 2.12 bits per heavy atom. The van der Waals surface area contributed by atoms with Crippen LogP contribution in [0.5, 0.6) is 0 Å². The van der Waals surface area contributed by atoms with Crippen LogP contribution in [0.15, 0.2) is 0 Å². The first-order chi connectivity index (χ1) is 7.40. The summed E-state index contributed by atoms with van der Waals surface area (Å²) in [6, 6.07) is 0. The summed E-state index contributed by atoms with van der Waals surface area (Å²) in [5.41, 5.74) is -0.284. The van der Waals surface area contributed by atoms with Crippen molar-refractivity contribution in [2.75, 3.05) is 19.0 Å². The van der Waals surface area contributed by atoms with E-state index in [-0.39, 0.29) is 23.5 Å². The molecule has 0 aromatic rings. The summed E-state index contributed by atoms with van der Waals surface area (Å²) < 4.78 is 5.64. The van der Waals surface area contributed by atoms with Crippen LogP contribution in [0.1, 0.15) is 34.1 Å². The van der Waals surface area contributed by atoms with E-state index in [4.69, 9.17) is 16.3 Å². The van der Waals surface area contributed by atoms with E-state index in [1.54, 1.807) is 0 Å². The Kier molecular flexibility index (Phi) is 4.62. The van der Waals surface area contributed by atoms with Crippen molar-refractivity contribution >= 4 is 17.5 Å². The molecule has 2 atom stereocenters. The van der Waals surface area contributed by atoms with Gasteiger partial charge in [0.05, 0.1) is 18.1 Å². The number of alkyl halides is 1. The third-order valence-electron chi connectivity index (χ3n) is 3.25. The molecule has 16 heavy (non-hydrogen) atoms. The Hall–Kier alpha value is -0.280. The lowest BCUT2D eigenvalue weighted by Crippen LogP contribution is -2.53. The second-order valence-electron chi connectivity index (χ2n) is 5.17. The van der Waals surface area contributed by atoms with Crippen molar-refractivity contribution < 1.29 is 9.53 Å². The molecule has 1 amide bonds. The predicted molar refractivity (Wildman–Crippen MR) is 65.7 cm³/mol. The second kappa shape index (κ2) is 5.37. The van der Waals surface area contributed by atoms with Gasteiger partial charge in [0.25, 0.3) is 0 Å². The highest BCUT2D eigenvalue weighted by Gasteiger charge is 2.35. The summed E-state index contributed by atoms with van der Waals surface area (Å²) in [4.78, 5) is 14.2. The highest BCUT2D eigenvalue weighted by Crippen LogP contribution is 2.25. The monoisotopic (exact) mass is 247 g/mol. The second-order valence-corrected chi connectivity index (χ2v) is 5.48. The van der Waals surface area contributed by atoms with Gasteiger partial charge in [0.1, 0.15) is 0 Å². The molecule has 1 aliphatic heterocycles. The topological polar surface area (TPSA) is 29.5 Å². The van der Waals surface area contributed by atoms with E-state index in [9.17, 15) is 4.79 Å². The van der Waals surface area contributed by atoms with E-state index in [1.165, 1.54) is 0 Å². The van der Waals surface area contributed by atoms with Gasteiger partial charge in [-0.15, -0.1) is 11.6 Å². The predicted octanol–water partition coefficient (Wildman–Crippen LogP) is 2.28. The smallest absolute Gasteiger partial charge is 0.228 e. The number of halogens is 1. The number of morpholine rings is 1. The van der Waals surface area contributed by atoms with E-state index in [0.717, 1.165) is 6.42 Å². The van der Waals surface area contributed by atoms with Gasteiger partial charge in [0, 0.05) is 18.5 Å². The largest absolute Gasteiger partial charge is 0.370 e. The van der Waals surface area contributed by atoms with Gasteiger partial charge in [-0.3, -0.25) is 4.79 Å². The summed E-state index contributed by atoms with van der Waals surface area (Å²) in [6.45, 7) is 9.31. The lowest BCUT2D eigenvalue weighted by Gasteiger charge is -2.39. The van der Waals surface area contributed by atoms with Crippen LogP contribution in [0.25, 0.3) is 0 Å². The van der Waals surface area contributed by atoms with Gasteiger partial charge in [0.15, 0.2) is 0 Å². The highest BCUT2D eigenvalue weighted by atomic mass is 35.5. The van der Waals surface area contributed by atoms with Gasteiger partial charge in [-0.25, -0.2) is 0 Å². The summed E-state index contributed by atoms with van der Waals surface area (Å²) in [6.07, 6.45) is 0.902. The molecular weight excluding hydrogens is 226 g/mol. The highest BCUT2D eigenvalue weighted by molar-refractivity contribution is 6.18. The van der Waals surface area contributed by atoms with Crippen molar-refractivity contribution in [3.8, 4) is 0 Å². The van der Waals surface area contributed by atoms with Crippen molar-refractivity contribution in [1.29, 1.82) is 0 Å². The van der Waals surface area contributed by atoms with E-state index >= 15 is 0 Å². The molecule has 0 N–H and O–H groups in total. The van der Waals surface area contributed by atoms with Crippen LogP contribution in [0, 0.1) is 5.41 Å². The molecule has 1 saturated heterocycles. The molecule has 94 valence electrons. The molecule has 0 saturated carbocycles. The number of carbonyl (C=O) groups is 1. The fourth-order valence-corrected chi connectivity index (χ4v) is 2.05. The molecule has 1 heterocycles. The fraction of sp³-hybridized carbons (Fsp3) is 0.917. The SMILES string of the molecule is CCC(C)(C)C(=O)N1CC(C)OC(CCl)C1. The molecule has 1 fully saturated rings. The summed E-state index contributed by atoms with van der Waals surface area (Å²) >= 11 is 5.80. The van der Waals surface area contributed by atoms with E-state index in [1.807, 2.05) is 32.6 Å². The zero-order chi connectivity index (χ0) is 12.3. The molecule has 0 aromatic heterocycles. The van der Waals surface area contributed by atoms with E-state index in [2.05, 4.69) is 0 Å². The van der Waals surface area contributed by atoms with Crippen LogP contribution in [0.3, 0.4) is 0 Å². The Morgan fingerprint density at radius 1 is 1.50 bits per heavy atom. The van der Waals surface area contributed by atoms with Gasteiger partial charge >= 0.3 is 0 Å². The van der Waals surface area contributed by atoms with Crippen molar-refractivity contribution in [2.45, 2.75) is 46.3 Å². The zero-order valence-electron chi connectivity index (χ0n) is 10.6. The normalized spacial score (nSPS) is 26.9. The van der Waals surface area contributed by atoms with Gasteiger partial charge in [-0.1, -0.05) is 20.8 Å². The number of hydrogen-bond acceptors (Lipinski definition) is 2. The average molecular weight is 248 g/mol. The standard InChI is InChI=1S/C12H22ClNO2/c1-5-12(3,4)11(15)14-7-9(2)16-10(6-13)8-14/h9-10H,5-8H2,1-4H3. The van der Waals surface area contributed by atoms with Crippen molar-refractivity contribution in [2.24, 2.45) is 5.41 Å². The lowest BCUT2D eigenvalue weighted by molar-refractivity contribution is -0.152. The van der Waals surface area contributed by atoms with Gasteiger partial charge < -0.3 is 9.64 Å². The summed E-state index contributed by atoms with van der Waals surface area (Å²) in [7, 11) is 0. The van der Waals surface area contributed by atoms with E-state index in [0.29, 0.717) is 19.0 Å². The van der Waals surface area contributed by atoms with Crippen molar-refractivity contribution in [1.82, 2.24) is 4.90 Å². The number of ether oxygens (including phenoxy) is 1. The minimum absolute atomic E-state index is 0.0259. The minimum Gasteiger partial charge on any atom is -0.370 e. The number of nitrogens with zero attached hydrogens (tertiary/aromatic N) is 1. The van der Waals surface area contributed by atoms with Crippen LogP contribution in [-0.2, 0) is 9.53 Å². The van der Waals surface area contributed by atoms with Gasteiger partial charge in [0.2, 0.25) is 5.91 Å². The van der Waals surface area contributed by atoms with Crippen molar-refractivity contribution in [3.63, 3.8) is 0 Å². The number of rotatable bonds is 3. The first-order valence-corrected chi connectivity index (χ1v) is 6.45. The molecule has 1 aliphatic rings. The number of carbonyl (C=O) groups excluding carboxylic acids is 1. The van der Waals surface area contributed by atoms with E-state index < -0.39 is 0 Å². The third kappa shape index (κ3) is 3.11. The van der Waals surface area contributed by atoms with Crippen LogP contribution in [0.2, 0.25) is 0 Å². The van der Waals surface area contributed by atoms with Crippen molar-refractivity contribution in [3.05, 3.63) is 0 Å². The first kappa shape index (κ1) is 13.8. The maximum Gasteiger partial charge on any atom is 0.228 e. The first-order valence-electron chi connectivity index (χ1n) is 5.91. The molecule has 4 heteroatoms. The average Bonchev–Trinajstić information content (AvgIpc) is 2.27. The summed E-state index contributed by atoms with van der Waals surface area (Å²) in [5.74, 6) is 0.654. The van der Waals surface area contributed by atoms with Crippen LogP contribution >= 0.6 is 11.6 Å². The third-order valence-corrected chi connectivity index (χ3v) is 3.59. The number of hydrogen-bond donors (Lipinski definition) is 0. The molecule has 1 rings (SSSR count). The fourth-order valence-electron chi connectivity index (χ4n) is 1.88. The molecule has 0 bridgehead atoms. The zero-order valence-corrected chi connectivity index (χ0v) is 11.4. The quantitative estimate of drug-likeness (QED) is 0.716. The Bertz CT molecular complexity index is 255. The van der Waals surface area contributed by atoms with Gasteiger partial charge in [-0.05, 0) is 13.3 Å². The maximum absolute atomic E-state index is 12.3. The lowest BCUT2D eigenvalue weighted by atomic mass is 9.88. The Labute approximate surface area is 103 Å². The molecule has 0 aromatic carbocycles. The Balaban J connectivity index is 2.69. The molecule has 0 spiro atoms. The molecule has 2 unspecified atom stereocenters. The molecular formula is C12H22ClNO2.